The molecule has 2 saturated carbocycles. The smallest absolute Gasteiger partial charge is 0.184 e. The fourth-order valence-corrected chi connectivity index (χ4v) is 8.03. The number of carbonyl (C=O) groups excluding carboxylic acids is 1. The Labute approximate surface area is 155 Å². The standard InChI is InChI=1S/C22H38O2Si/c1-16(14-17-11-13-21(2,15-17)24-25(4,5)6)18-9-10-19-20(23)8-7-12-22(18,19)3/h11,13,16-19H,7-10,12,14-15H2,1-6H3/t16-,17-,18-,19?,21+,22-/m1/s1. The molecule has 6 atom stereocenters. The maximum atomic E-state index is 12.4. The van der Waals surface area contributed by atoms with E-state index in [2.05, 4.69) is 52.6 Å². The van der Waals surface area contributed by atoms with Gasteiger partial charge in [-0.05, 0) is 88.3 Å². The van der Waals surface area contributed by atoms with Crippen LogP contribution >= 0.6 is 0 Å². The van der Waals surface area contributed by atoms with Crippen molar-refractivity contribution < 1.29 is 9.22 Å². The summed E-state index contributed by atoms with van der Waals surface area (Å²) >= 11 is 0. The van der Waals surface area contributed by atoms with Crippen LogP contribution in [-0.4, -0.2) is 19.7 Å². The number of ketones is 1. The van der Waals surface area contributed by atoms with Gasteiger partial charge >= 0.3 is 0 Å². The molecule has 0 heterocycles. The van der Waals surface area contributed by atoms with Gasteiger partial charge in [0, 0.05) is 12.3 Å². The van der Waals surface area contributed by atoms with Gasteiger partial charge in [0.05, 0.1) is 5.60 Å². The molecule has 0 aromatic rings. The number of allylic oxidation sites excluding steroid dienone is 1. The first-order valence-electron chi connectivity index (χ1n) is 10.4. The molecule has 3 aliphatic rings. The third-order valence-corrected chi connectivity index (χ3v) is 8.30. The van der Waals surface area contributed by atoms with Crippen LogP contribution in [0.3, 0.4) is 0 Å². The average Bonchev–Trinajstić information content (AvgIpc) is 2.98. The van der Waals surface area contributed by atoms with Crippen LogP contribution < -0.4 is 0 Å². The summed E-state index contributed by atoms with van der Waals surface area (Å²) in [6.07, 6.45) is 12.7. The second-order valence-electron chi connectivity index (χ2n) is 10.6. The number of hydrogen-bond acceptors (Lipinski definition) is 2. The van der Waals surface area contributed by atoms with Gasteiger partial charge in [-0.1, -0.05) is 26.0 Å². The monoisotopic (exact) mass is 362 g/mol. The fourth-order valence-electron chi connectivity index (χ4n) is 6.48. The van der Waals surface area contributed by atoms with E-state index in [1.54, 1.807) is 0 Å². The van der Waals surface area contributed by atoms with Crippen molar-refractivity contribution in [1.29, 1.82) is 0 Å². The first kappa shape index (κ1) is 19.4. The number of fused-ring (bicyclic) bond motifs is 1. The molecule has 0 N–H and O–H groups in total. The van der Waals surface area contributed by atoms with E-state index >= 15 is 0 Å². The predicted molar refractivity (Wildman–Crippen MR) is 107 cm³/mol. The van der Waals surface area contributed by atoms with Crippen LogP contribution in [0.25, 0.3) is 0 Å². The van der Waals surface area contributed by atoms with E-state index in [4.69, 9.17) is 4.43 Å². The molecule has 0 amide bonds. The van der Waals surface area contributed by atoms with Crippen LogP contribution in [0.2, 0.25) is 19.6 Å². The van der Waals surface area contributed by atoms with Gasteiger partial charge in [0.15, 0.2) is 8.32 Å². The fraction of sp³-hybridized carbons (Fsp3) is 0.864. The van der Waals surface area contributed by atoms with Crippen LogP contribution in [0.5, 0.6) is 0 Å². The summed E-state index contributed by atoms with van der Waals surface area (Å²) in [5.41, 5.74) is 0.215. The second kappa shape index (κ2) is 6.63. The molecule has 0 saturated heterocycles. The Bertz CT molecular complexity index is 549. The van der Waals surface area contributed by atoms with E-state index in [1.165, 1.54) is 19.3 Å². The Morgan fingerprint density at radius 3 is 2.68 bits per heavy atom. The normalized spacial score (nSPS) is 42.6. The Kier molecular flexibility index (Phi) is 5.14. The summed E-state index contributed by atoms with van der Waals surface area (Å²) in [4.78, 5) is 12.4. The maximum absolute atomic E-state index is 12.4. The molecule has 2 fully saturated rings. The highest BCUT2D eigenvalue weighted by molar-refractivity contribution is 6.69. The first-order valence-corrected chi connectivity index (χ1v) is 13.9. The summed E-state index contributed by atoms with van der Waals surface area (Å²) in [7, 11) is -1.52. The molecule has 0 aromatic heterocycles. The lowest BCUT2D eigenvalue weighted by atomic mass is 9.61. The molecule has 3 heteroatoms. The van der Waals surface area contributed by atoms with Crippen molar-refractivity contribution in [2.45, 2.75) is 91.0 Å². The molecule has 0 radical (unpaired) electrons. The minimum Gasteiger partial charge on any atom is -0.409 e. The van der Waals surface area contributed by atoms with Crippen LogP contribution in [-0.2, 0) is 9.22 Å². The van der Waals surface area contributed by atoms with Crippen LogP contribution in [0, 0.1) is 29.1 Å². The Balaban J connectivity index is 1.61. The lowest BCUT2D eigenvalue weighted by Crippen LogP contribution is -2.40. The minimum atomic E-state index is -1.52. The first-order chi connectivity index (χ1) is 11.5. The molecular weight excluding hydrogens is 324 g/mol. The van der Waals surface area contributed by atoms with E-state index in [-0.39, 0.29) is 11.0 Å². The van der Waals surface area contributed by atoms with Gasteiger partial charge < -0.3 is 4.43 Å². The number of hydrogen-bond donors (Lipinski definition) is 0. The Hall–Kier alpha value is -0.413. The van der Waals surface area contributed by atoms with Gasteiger partial charge in [-0.2, -0.15) is 0 Å². The lowest BCUT2D eigenvalue weighted by Gasteiger charge is -2.42. The quantitative estimate of drug-likeness (QED) is 0.444. The topological polar surface area (TPSA) is 26.3 Å². The van der Waals surface area contributed by atoms with Crippen LogP contribution in [0.15, 0.2) is 12.2 Å². The zero-order valence-corrected chi connectivity index (χ0v) is 18.2. The lowest BCUT2D eigenvalue weighted by molar-refractivity contribution is -0.130. The van der Waals surface area contributed by atoms with E-state index in [1.807, 2.05) is 0 Å². The van der Waals surface area contributed by atoms with Crippen molar-refractivity contribution in [3.05, 3.63) is 12.2 Å². The third kappa shape index (κ3) is 3.97. The summed E-state index contributed by atoms with van der Waals surface area (Å²) in [6.45, 7) is 14.0. The SMILES string of the molecule is C[C@H](C[C@H]1C=C[C@](C)(O[Si](C)(C)C)C1)[C@H]1CCC2C(=O)CCC[C@@]21C. The summed E-state index contributed by atoms with van der Waals surface area (Å²) in [5.74, 6) is 2.97. The van der Waals surface area contributed by atoms with Gasteiger partial charge in [0.1, 0.15) is 5.78 Å². The number of Topliss-reactive ketones (excluding diaryl/α,β-unsaturated/α-hetero) is 1. The van der Waals surface area contributed by atoms with Gasteiger partial charge in [0.25, 0.3) is 0 Å². The molecule has 0 aliphatic heterocycles. The highest BCUT2D eigenvalue weighted by atomic mass is 28.4. The summed E-state index contributed by atoms with van der Waals surface area (Å²) < 4.78 is 6.45. The Morgan fingerprint density at radius 1 is 1.28 bits per heavy atom. The molecule has 0 bridgehead atoms. The molecule has 3 aliphatic carbocycles. The molecule has 0 aromatic carbocycles. The van der Waals surface area contributed by atoms with Crippen molar-refractivity contribution in [3.63, 3.8) is 0 Å². The van der Waals surface area contributed by atoms with E-state index in [0.29, 0.717) is 23.5 Å². The van der Waals surface area contributed by atoms with Crippen molar-refractivity contribution in [1.82, 2.24) is 0 Å². The predicted octanol–water partition coefficient (Wildman–Crippen LogP) is 5.98. The second-order valence-corrected chi connectivity index (χ2v) is 15.1. The average molecular weight is 363 g/mol. The maximum Gasteiger partial charge on any atom is 0.184 e. The molecule has 2 nitrogen and oxygen atoms in total. The van der Waals surface area contributed by atoms with E-state index < -0.39 is 8.32 Å². The molecule has 3 rings (SSSR count). The van der Waals surface area contributed by atoms with Gasteiger partial charge in [-0.15, -0.1) is 0 Å². The van der Waals surface area contributed by atoms with E-state index in [0.717, 1.165) is 31.6 Å². The van der Waals surface area contributed by atoms with Gasteiger partial charge in [0.2, 0.25) is 0 Å². The highest BCUT2D eigenvalue weighted by Crippen LogP contribution is 2.57. The summed E-state index contributed by atoms with van der Waals surface area (Å²) in [5, 5.41) is 0. The van der Waals surface area contributed by atoms with Gasteiger partial charge in [-0.3, -0.25) is 4.79 Å². The molecular formula is C22H38O2Si. The van der Waals surface area contributed by atoms with Crippen molar-refractivity contribution in [2.24, 2.45) is 29.1 Å². The van der Waals surface area contributed by atoms with Gasteiger partial charge in [-0.25, -0.2) is 0 Å². The van der Waals surface area contributed by atoms with Crippen molar-refractivity contribution >= 4 is 14.1 Å². The van der Waals surface area contributed by atoms with Crippen LogP contribution in [0.4, 0.5) is 0 Å². The third-order valence-electron chi connectivity index (χ3n) is 7.23. The molecule has 25 heavy (non-hydrogen) atoms. The highest BCUT2D eigenvalue weighted by Gasteiger charge is 2.52. The zero-order valence-electron chi connectivity index (χ0n) is 17.2. The van der Waals surface area contributed by atoms with Crippen LogP contribution in [0.1, 0.15) is 65.7 Å². The van der Waals surface area contributed by atoms with Crippen molar-refractivity contribution in [2.75, 3.05) is 0 Å². The Morgan fingerprint density at radius 2 is 2.00 bits per heavy atom. The molecule has 142 valence electrons. The summed E-state index contributed by atoms with van der Waals surface area (Å²) in [6, 6.07) is 0. The zero-order chi connectivity index (χ0) is 18.5. The number of rotatable bonds is 5. The largest absolute Gasteiger partial charge is 0.409 e. The van der Waals surface area contributed by atoms with Crippen molar-refractivity contribution in [3.8, 4) is 0 Å². The molecule has 0 spiro atoms. The van der Waals surface area contributed by atoms with E-state index in [9.17, 15) is 4.79 Å². The molecule has 1 unspecified atom stereocenters. The minimum absolute atomic E-state index is 0.0578. The number of carbonyl (C=O) groups is 1.